The molecule has 24 heavy (non-hydrogen) atoms. The molecule has 5 nitrogen and oxygen atoms in total. The Balaban J connectivity index is 2.32. The van der Waals surface area contributed by atoms with Crippen molar-refractivity contribution in [3.05, 3.63) is 65.9 Å². The number of carbonyl (C=O) groups is 1. The van der Waals surface area contributed by atoms with E-state index in [4.69, 9.17) is 14.2 Å². The Bertz CT molecular complexity index is 751. The molecule has 0 heterocycles. The summed E-state index contributed by atoms with van der Waals surface area (Å²) in [5.74, 6) is 1.03. The van der Waals surface area contributed by atoms with Crippen molar-refractivity contribution in [2.24, 2.45) is 0 Å². The first-order valence-electron chi connectivity index (χ1n) is 7.34. The van der Waals surface area contributed by atoms with Gasteiger partial charge in [0.1, 0.15) is 11.9 Å². The van der Waals surface area contributed by atoms with Gasteiger partial charge in [0.05, 0.1) is 20.5 Å². The van der Waals surface area contributed by atoms with E-state index in [1.807, 2.05) is 6.92 Å². The minimum Gasteiger partial charge on any atom is -0.496 e. The van der Waals surface area contributed by atoms with Crippen molar-refractivity contribution in [3.8, 4) is 17.2 Å². The van der Waals surface area contributed by atoms with E-state index in [1.54, 1.807) is 36.4 Å². The number of aryl methyl sites for hydroxylation is 1. The second-order valence-corrected chi connectivity index (χ2v) is 5.15. The molecule has 0 spiro atoms. The first-order chi connectivity index (χ1) is 11.5. The van der Waals surface area contributed by atoms with Gasteiger partial charge in [-0.05, 0) is 36.2 Å². The van der Waals surface area contributed by atoms with Gasteiger partial charge in [-0.3, -0.25) is 4.79 Å². The first kappa shape index (κ1) is 17.6. The van der Waals surface area contributed by atoms with Gasteiger partial charge in [0, 0.05) is 5.56 Å². The smallest absolute Gasteiger partial charge is 0.195 e. The molecule has 1 atom stereocenters. The zero-order valence-electron chi connectivity index (χ0n) is 13.9. The molecule has 2 aromatic carbocycles. The van der Waals surface area contributed by atoms with Gasteiger partial charge in [-0.1, -0.05) is 24.8 Å². The minimum atomic E-state index is -1.32. The van der Waals surface area contributed by atoms with E-state index in [0.29, 0.717) is 28.4 Å². The predicted molar refractivity (Wildman–Crippen MR) is 90.8 cm³/mol. The molecule has 0 radical (unpaired) electrons. The largest absolute Gasteiger partial charge is 0.496 e. The third kappa shape index (κ3) is 3.58. The topological polar surface area (TPSA) is 65.0 Å². The minimum absolute atomic E-state index is 0.371. The lowest BCUT2D eigenvalue weighted by Crippen LogP contribution is -2.13. The number of methoxy groups -OCH3 is 2. The highest BCUT2D eigenvalue weighted by molar-refractivity contribution is 6.00. The molecule has 0 fully saturated rings. The van der Waals surface area contributed by atoms with E-state index in [-0.39, 0.29) is 0 Å². The third-order valence-electron chi connectivity index (χ3n) is 3.65. The number of hydrogen-bond donors (Lipinski definition) is 1. The number of ether oxygens (including phenoxy) is 3. The van der Waals surface area contributed by atoms with Crippen LogP contribution >= 0.6 is 0 Å². The number of carbonyl (C=O) groups excluding carboxylic acids is 1. The molecule has 0 bridgehead atoms. The maximum absolute atomic E-state index is 12.5. The zero-order valence-corrected chi connectivity index (χ0v) is 13.9. The van der Waals surface area contributed by atoms with Crippen LogP contribution < -0.4 is 14.2 Å². The highest BCUT2D eigenvalue weighted by Crippen LogP contribution is 2.32. The van der Waals surface area contributed by atoms with Gasteiger partial charge in [-0.2, -0.15) is 0 Å². The zero-order chi connectivity index (χ0) is 17.7. The number of Topliss-reactive ketones (excluding diaryl/α,β-unsaturated/α-hetero) is 1. The number of aliphatic hydroxyl groups is 1. The molecule has 1 N–H and O–H groups in total. The average molecular weight is 328 g/mol. The SMILES string of the molecule is C=COc1ccc(C(O)C(=O)c2ccc(C)c(OC)c2)cc1OC. The number of aliphatic hydroxyl groups excluding tert-OH is 1. The Labute approximate surface area is 141 Å². The summed E-state index contributed by atoms with van der Waals surface area (Å²) in [6, 6.07) is 9.84. The van der Waals surface area contributed by atoms with Crippen LogP contribution in [-0.2, 0) is 0 Å². The van der Waals surface area contributed by atoms with Crippen LogP contribution in [0.25, 0.3) is 0 Å². The second-order valence-electron chi connectivity index (χ2n) is 5.15. The summed E-state index contributed by atoms with van der Waals surface area (Å²) in [5, 5.41) is 10.4. The summed E-state index contributed by atoms with van der Waals surface area (Å²) < 4.78 is 15.6. The summed E-state index contributed by atoms with van der Waals surface area (Å²) in [6.45, 7) is 5.37. The quantitative estimate of drug-likeness (QED) is 0.623. The summed E-state index contributed by atoms with van der Waals surface area (Å²) in [5.41, 5.74) is 1.69. The Morgan fingerprint density at radius 1 is 1.08 bits per heavy atom. The van der Waals surface area contributed by atoms with Gasteiger partial charge < -0.3 is 19.3 Å². The fourth-order valence-corrected chi connectivity index (χ4v) is 2.32. The van der Waals surface area contributed by atoms with Gasteiger partial charge in [-0.15, -0.1) is 0 Å². The Morgan fingerprint density at radius 2 is 1.79 bits per heavy atom. The van der Waals surface area contributed by atoms with Crippen LogP contribution in [0.15, 0.2) is 49.2 Å². The number of hydrogen-bond acceptors (Lipinski definition) is 5. The van der Waals surface area contributed by atoms with Crippen LogP contribution in [0.2, 0.25) is 0 Å². The van der Waals surface area contributed by atoms with Crippen molar-refractivity contribution < 1.29 is 24.1 Å². The maximum atomic E-state index is 12.5. The van der Waals surface area contributed by atoms with Gasteiger partial charge in [-0.25, -0.2) is 0 Å². The van der Waals surface area contributed by atoms with Crippen molar-refractivity contribution in [1.82, 2.24) is 0 Å². The summed E-state index contributed by atoms with van der Waals surface area (Å²) in [7, 11) is 3.02. The molecule has 1 unspecified atom stereocenters. The molecule has 5 heteroatoms. The van der Waals surface area contributed by atoms with Gasteiger partial charge in [0.25, 0.3) is 0 Å². The van der Waals surface area contributed by atoms with Crippen molar-refractivity contribution in [2.45, 2.75) is 13.0 Å². The van der Waals surface area contributed by atoms with Crippen molar-refractivity contribution >= 4 is 5.78 Å². The Hall–Kier alpha value is -2.79. The van der Waals surface area contributed by atoms with Crippen LogP contribution in [0.4, 0.5) is 0 Å². The predicted octanol–water partition coefficient (Wildman–Crippen LogP) is 3.45. The fourth-order valence-electron chi connectivity index (χ4n) is 2.32. The molecular weight excluding hydrogens is 308 g/mol. The lowest BCUT2D eigenvalue weighted by molar-refractivity contribution is 0.0746. The molecule has 0 aromatic heterocycles. The first-order valence-corrected chi connectivity index (χ1v) is 7.34. The monoisotopic (exact) mass is 328 g/mol. The van der Waals surface area contributed by atoms with Crippen LogP contribution in [0, 0.1) is 6.92 Å². The van der Waals surface area contributed by atoms with Crippen LogP contribution in [0.5, 0.6) is 17.2 Å². The van der Waals surface area contributed by atoms with Gasteiger partial charge >= 0.3 is 0 Å². The molecule has 0 aliphatic heterocycles. The van der Waals surface area contributed by atoms with Crippen molar-refractivity contribution in [3.63, 3.8) is 0 Å². The van der Waals surface area contributed by atoms with Crippen molar-refractivity contribution in [2.75, 3.05) is 14.2 Å². The summed E-state index contributed by atoms with van der Waals surface area (Å²) in [6.07, 6.45) is -0.0402. The molecule has 0 aliphatic rings. The van der Waals surface area contributed by atoms with Gasteiger partial charge in [0.2, 0.25) is 0 Å². The van der Waals surface area contributed by atoms with E-state index in [1.165, 1.54) is 20.5 Å². The van der Waals surface area contributed by atoms with E-state index in [2.05, 4.69) is 6.58 Å². The van der Waals surface area contributed by atoms with E-state index in [9.17, 15) is 9.90 Å². The molecule has 0 saturated heterocycles. The van der Waals surface area contributed by atoms with Crippen molar-refractivity contribution in [1.29, 1.82) is 0 Å². The fraction of sp³-hybridized carbons (Fsp3) is 0.211. The number of benzene rings is 2. The Kier molecular flexibility index (Phi) is 5.60. The van der Waals surface area contributed by atoms with E-state index < -0.39 is 11.9 Å². The molecule has 2 rings (SSSR count). The summed E-state index contributed by atoms with van der Waals surface area (Å²) in [4.78, 5) is 12.5. The lowest BCUT2D eigenvalue weighted by atomic mass is 9.98. The number of rotatable bonds is 7. The average Bonchev–Trinajstić information content (AvgIpc) is 2.61. The van der Waals surface area contributed by atoms with E-state index >= 15 is 0 Å². The number of ketones is 1. The van der Waals surface area contributed by atoms with Gasteiger partial charge in [0.15, 0.2) is 17.3 Å². The maximum Gasteiger partial charge on any atom is 0.195 e. The molecule has 0 saturated carbocycles. The highest BCUT2D eigenvalue weighted by atomic mass is 16.5. The van der Waals surface area contributed by atoms with Crippen LogP contribution in [0.1, 0.15) is 27.6 Å². The van der Waals surface area contributed by atoms with Crippen LogP contribution in [0.3, 0.4) is 0 Å². The third-order valence-corrected chi connectivity index (χ3v) is 3.65. The summed E-state index contributed by atoms with van der Waals surface area (Å²) >= 11 is 0. The molecule has 126 valence electrons. The molecule has 2 aromatic rings. The van der Waals surface area contributed by atoms with Crippen LogP contribution in [-0.4, -0.2) is 25.1 Å². The van der Waals surface area contributed by atoms with E-state index in [0.717, 1.165) is 5.56 Å². The molecular formula is C19H20O5. The normalized spacial score (nSPS) is 11.5. The Morgan fingerprint density at radius 3 is 2.42 bits per heavy atom. The second kappa shape index (κ2) is 7.66. The lowest BCUT2D eigenvalue weighted by Gasteiger charge is -2.14. The molecule has 0 amide bonds. The molecule has 0 aliphatic carbocycles. The highest BCUT2D eigenvalue weighted by Gasteiger charge is 2.21. The standard InChI is InChI=1S/C19H20O5/c1-5-24-15-9-8-14(11-17(15)23-4)19(21)18(20)13-7-6-12(2)16(10-13)22-3/h5-11,19,21H,1H2,2-4H3.